The maximum absolute atomic E-state index is 13.2. The Bertz CT molecular complexity index is 951. The third kappa shape index (κ3) is 4.69. The van der Waals surface area contributed by atoms with E-state index in [0.717, 1.165) is 65.3 Å². The molecule has 2 aromatic heterocycles. The highest BCUT2D eigenvalue weighted by Gasteiger charge is 2.24. The zero-order valence-corrected chi connectivity index (χ0v) is 18.4. The van der Waals surface area contributed by atoms with E-state index in [4.69, 9.17) is 4.74 Å². The van der Waals surface area contributed by atoms with Gasteiger partial charge in [0.1, 0.15) is 15.6 Å². The van der Waals surface area contributed by atoms with Crippen molar-refractivity contribution in [2.75, 3.05) is 33.3 Å². The van der Waals surface area contributed by atoms with Crippen molar-refractivity contribution in [2.45, 2.75) is 19.9 Å². The number of aryl methyl sites for hydroxylation is 1. The fourth-order valence-electron chi connectivity index (χ4n) is 3.57. The minimum Gasteiger partial charge on any atom is -0.497 e. The molecule has 1 amide bonds. The van der Waals surface area contributed by atoms with Gasteiger partial charge in [-0.2, -0.15) is 0 Å². The Morgan fingerprint density at radius 3 is 2.69 bits per heavy atom. The highest BCUT2D eigenvalue weighted by Crippen LogP contribution is 2.31. The molecule has 0 spiro atoms. The van der Waals surface area contributed by atoms with Crippen LogP contribution in [0.4, 0.5) is 0 Å². The van der Waals surface area contributed by atoms with E-state index in [1.165, 1.54) is 16.9 Å². The number of amides is 1. The standard InChI is InChI=1S/C22H25N3O2S2/c1-16-20(29-21(23-16)19-5-3-14-28-19)22(26)25-11-4-10-24(12-13-25)15-17-6-8-18(27-2)9-7-17/h3,5-9,14H,4,10-13,15H2,1-2H3. The molecule has 0 radical (unpaired) electrons. The minimum absolute atomic E-state index is 0.120. The van der Waals surface area contributed by atoms with Gasteiger partial charge in [0.05, 0.1) is 17.7 Å². The van der Waals surface area contributed by atoms with Gasteiger partial charge < -0.3 is 9.64 Å². The molecular weight excluding hydrogens is 402 g/mol. The number of methoxy groups -OCH3 is 1. The Morgan fingerprint density at radius 1 is 1.14 bits per heavy atom. The molecule has 152 valence electrons. The van der Waals surface area contributed by atoms with Crippen molar-refractivity contribution in [2.24, 2.45) is 0 Å². The molecule has 0 bridgehead atoms. The molecule has 4 rings (SSSR count). The average Bonchev–Trinajstić information content (AvgIpc) is 3.34. The largest absolute Gasteiger partial charge is 0.497 e. The number of carbonyl (C=O) groups excluding carboxylic acids is 1. The molecule has 1 fully saturated rings. The lowest BCUT2D eigenvalue weighted by atomic mass is 10.2. The average molecular weight is 428 g/mol. The lowest BCUT2D eigenvalue weighted by Crippen LogP contribution is -2.35. The van der Waals surface area contributed by atoms with Gasteiger partial charge in [0.2, 0.25) is 0 Å². The van der Waals surface area contributed by atoms with Crippen LogP contribution in [0.3, 0.4) is 0 Å². The van der Waals surface area contributed by atoms with Gasteiger partial charge in [-0.25, -0.2) is 4.98 Å². The Labute approximate surface area is 179 Å². The predicted molar refractivity (Wildman–Crippen MR) is 119 cm³/mol. The fraction of sp³-hybridized carbons (Fsp3) is 0.364. The van der Waals surface area contributed by atoms with Crippen LogP contribution in [0, 0.1) is 6.92 Å². The zero-order chi connectivity index (χ0) is 20.2. The summed E-state index contributed by atoms with van der Waals surface area (Å²) in [5.41, 5.74) is 2.10. The van der Waals surface area contributed by atoms with Crippen molar-refractivity contribution in [1.82, 2.24) is 14.8 Å². The van der Waals surface area contributed by atoms with Crippen molar-refractivity contribution in [3.63, 3.8) is 0 Å². The Balaban J connectivity index is 1.39. The number of thiazole rings is 1. The molecule has 1 aliphatic heterocycles. The van der Waals surface area contributed by atoms with E-state index in [0.29, 0.717) is 0 Å². The van der Waals surface area contributed by atoms with Crippen molar-refractivity contribution >= 4 is 28.6 Å². The number of rotatable bonds is 5. The highest BCUT2D eigenvalue weighted by molar-refractivity contribution is 7.22. The second-order valence-electron chi connectivity index (χ2n) is 7.18. The summed E-state index contributed by atoms with van der Waals surface area (Å²) in [7, 11) is 1.68. The highest BCUT2D eigenvalue weighted by atomic mass is 32.1. The molecular formula is C22H25N3O2S2. The molecule has 0 unspecified atom stereocenters. The summed E-state index contributed by atoms with van der Waals surface area (Å²) in [5.74, 6) is 0.998. The van der Waals surface area contributed by atoms with Crippen molar-refractivity contribution in [3.8, 4) is 15.6 Å². The third-order valence-electron chi connectivity index (χ3n) is 5.16. The first-order valence-electron chi connectivity index (χ1n) is 9.80. The quantitative estimate of drug-likeness (QED) is 0.600. The van der Waals surface area contributed by atoms with Crippen LogP contribution in [0.25, 0.3) is 9.88 Å². The number of thiophene rings is 1. The zero-order valence-electron chi connectivity index (χ0n) is 16.8. The van der Waals surface area contributed by atoms with Crippen LogP contribution in [-0.4, -0.2) is 54.0 Å². The predicted octanol–water partition coefficient (Wildman–Crippen LogP) is 4.54. The second-order valence-corrected chi connectivity index (χ2v) is 9.13. The van der Waals surface area contributed by atoms with E-state index in [9.17, 15) is 4.79 Å². The molecule has 0 N–H and O–H groups in total. The molecule has 3 heterocycles. The minimum atomic E-state index is 0.120. The van der Waals surface area contributed by atoms with Crippen LogP contribution in [0.1, 0.15) is 27.3 Å². The third-order valence-corrected chi connectivity index (χ3v) is 7.35. The van der Waals surface area contributed by atoms with E-state index < -0.39 is 0 Å². The molecule has 0 saturated carbocycles. The number of carbonyl (C=O) groups is 1. The van der Waals surface area contributed by atoms with Gasteiger partial charge in [0.25, 0.3) is 5.91 Å². The van der Waals surface area contributed by atoms with Crippen LogP contribution in [0.2, 0.25) is 0 Å². The van der Waals surface area contributed by atoms with Gasteiger partial charge >= 0.3 is 0 Å². The summed E-state index contributed by atoms with van der Waals surface area (Å²) in [6.45, 7) is 6.26. The van der Waals surface area contributed by atoms with Crippen molar-refractivity contribution in [1.29, 1.82) is 0 Å². The molecule has 1 aromatic carbocycles. The lowest BCUT2D eigenvalue weighted by Gasteiger charge is -2.22. The summed E-state index contributed by atoms with van der Waals surface area (Å²) >= 11 is 3.18. The van der Waals surface area contributed by atoms with Crippen LogP contribution >= 0.6 is 22.7 Å². The van der Waals surface area contributed by atoms with Crippen LogP contribution < -0.4 is 4.74 Å². The monoisotopic (exact) mass is 427 g/mol. The van der Waals surface area contributed by atoms with Crippen LogP contribution in [-0.2, 0) is 6.54 Å². The van der Waals surface area contributed by atoms with E-state index in [1.807, 2.05) is 35.4 Å². The van der Waals surface area contributed by atoms with E-state index in [1.54, 1.807) is 18.4 Å². The van der Waals surface area contributed by atoms with Gasteiger partial charge in [-0.15, -0.1) is 22.7 Å². The van der Waals surface area contributed by atoms with Crippen LogP contribution in [0.5, 0.6) is 5.75 Å². The van der Waals surface area contributed by atoms with E-state index in [-0.39, 0.29) is 5.91 Å². The van der Waals surface area contributed by atoms with Gasteiger partial charge in [-0.1, -0.05) is 18.2 Å². The summed E-state index contributed by atoms with van der Waals surface area (Å²) in [4.78, 5) is 24.1. The van der Waals surface area contributed by atoms with Crippen molar-refractivity contribution < 1.29 is 9.53 Å². The number of hydrogen-bond acceptors (Lipinski definition) is 6. The number of nitrogens with zero attached hydrogens (tertiary/aromatic N) is 3. The topological polar surface area (TPSA) is 45.7 Å². The molecule has 1 aliphatic rings. The molecule has 29 heavy (non-hydrogen) atoms. The number of benzene rings is 1. The van der Waals surface area contributed by atoms with E-state index >= 15 is 0 Å². The van der Waals surface area contributed by atoms with Gasteiger partial charge in [0, 0.05) is 32.7 Å². The first-order chi connectivity index (χ1) is 14.1. The summed E-state index contributed by atoms with van der Waals surface area (Å²) in [6, 6.07) is 12.3. The fourth-order valence-corrected chi connectivity index (χ4v) is 5.40. The summed E-state index contributed by atoms with van der Waals surface area (Å²) in [5, 5.41) is 2.98. The molecule has 5 nitrogen and oxygen atoms in total. The smallest absolute Gasteiger partial charge is 0.265 e. The van der Waals surface area contributed by atoms with Gasteiger partial charge in [-0.3, -0.25) is 9.69 Å². The molecule has 0 atom stereocenters. The van der Waals surface area contributed by atoms with Gasteiger partial charge in [-0.05, 0) is 42.5 Å². The molecule has 3 aromatic rings. The van der Waals surface area contributed by atoms with Gasteiger partial charge in [0.15, 0.2) is 0 Å². The summed E-state index contributed by atoms with van der Waals surface area (Å²) < 4.78 is 5.24. The normalized spacial score (nSPS) is 15.3. The summed E-state index contributed by atoms with van der Waals surface area (Å²) in [6.07, 6.45) is 0.984. The lowest BCUT2D eigenvalue weighted by molar-refractivity contribution is 0.0765. The Hall–Kier alpha value is -2.22. The Kier molecular flexibility index (Phi) is 6.28. The second kappa shape index (κ2) is 9.07. The first kappa shape index (κ1) is 20.1. The van der Waals surface area contributed by atoms with Crippen LogP contribution in [0.15, 0.2) is 41.8 Å². The number of hydrogen-bond donors (Lipinski definition) is 0. The number of ether oxygens (including phenoxy) is 1. The first-order valence-corrected chi connectivity index (χ1v) is 11.5. The number of aromatic nitrogens is 1. The molecule has 0 aliphatic carbocycles. The van der Waals surface area contributed by atoms with Crippen molar-refractivity contribution in [3.05, 3.63) is 57.9 Å². The Morgan fingerprint density at radius 2 is 1.97 bits per heavy atom. The molecule has 7 heteroatoms. The molecule has 1 saturated heterocycles. The maximum Gasteiger partial charge on any atom is 0.265 e. The van der Waals surface area contributed by atoms with E-state index in [2.05, 4.69) is 28.1 Å². The SMILES string of the molecule is COc1ccc(CN2CCCN(C(=O)c3sc(-c4cccs4)nc3C)CC2)cc1. The maximum atomic E-state index is 13.2.